The fourth-order valence-electron chi connectivity index (χ4n) is 2.32. The number of carbonyl (C=O) groups excluding carboxylic acids is 1. The van der Waals surface area contributed by atoms with Gasteiger partial charge in [-0.3, -0.25) is 4.79 Å². The van der Waals surface area contributed by atoms with Crippen molar-refractivity contribution in [3.05, 3.63) is 0 Å². The maximum Gasteiger partial charge on any atom is 0.249 e. The lowest BCUT2D eigenvalue weighted by atomic mass is 9.87. The molecule has 6 atom stereocenters. The van der Waals surface area contributed by atoms with E-state index in [4.69, 9.17) is 19.7 Å². The van der Waals surface area contributed by atoms with Crippen molar-refractivity contribution >= 4 is 5.91 Å². The Bertz CT molecular complexity index is 418. The molecule has 1 saturated heterocycles. The van der Waals surface area contributed by atoms with Crippen molar-refractivity contribution in [1.82, 2.24) is 5.32 Å². The highest BCUT2D eigenvalue weighted by Crippen LogP contribution is 2.26. The zero-order chi connectivity index (χ0) is 19.2. The third-order valence-corrected chi connectivity index (χ3v) is 4.09. The van der Waals surface area contributed by atoms with Crippen molar-refractivity contribution in [2.75, 3.05) is 26.4 Å². The van der Waals surface area contributed by atoms with E-state index in [0.717, 1.165) is 0 Å². The van der Waals surface area contributed by atoms with E-state index >= 15 is 0 Å². The summed E-state index contributed by atoms with van der Waals surface area (Å²) in [5.74, 6) is -0.629. The van der Waals surface area contributed by atoms with Gasteiger partial charge in [0.2, 0.25) is 5.91 Å². The summed E-state index contributed by atoms with van der Waals surface area (Å²) >= 11 is 0. The zero-order valence-corrected chi connectivity index (χ0v) is 14.4. The van der Waals surface area contributed by atoms with Crippen LogP contribution in [-0.4, -0.2) is 99.7 Å². The maximum absolute atomic E-state index is 11.9. The van der Waals surface area contributed by atoms with Gasteiger partial charge in [-0.15, -0.1) is 0 Å². The molecule has 25 heavy (non-hydrogen) atoms. The lowest BCUT2D eigenvalue weighted by molar-refractivity contribution is -0.306. The minimum absolute atomic E-state index is 0.0833. The molecule has 0 aromatic heterocycles. The molecule has 1 amide bonds. The molecule has 1 rings (SSSR count). The van der Waals surface area contributed by atoms with Gasteiger partial charge >= 0.3 is 0 Å². The number of nitrogens with one attached hydrogen (secondary N) is 1. The van der Waals surface area contributed by atoms with Gasteiger partial charge in [-0.25, -0.2) is 0 Å². The van der Waals surface area contributed by atoms with Crippen LogP contribution >= 0.6 is 0 Å². The summed E-state index contributed by atoms with van der Waals surface area (Å²) in [4.78, 5) is 11.9. The van der Waals surface area contributed by atoms with Crippen molar-refractivity contribution in [2.24, 2.45) is 5.41 Å². The predicted octanol–water partition coefficient (Wildman–Crippen LogP) is -3.31. The fraction of sp³-hybridized carbons (Fsp3) is 0.933. The molecule has 0 bridgehead atoms. The van der Waals surface area contributed by atoms with Crippen LogP contribution in [0.4, 0.5) is 0 Å². The van der Waals surface area contributed by atoms with Crippen molar-refractivity contribution < 1.29 is 44.9 Å². The van der Waals surface area contributed by atoms with Crippen LogP contribution < -0.4 is 5.32 Å². The summed E-state index contributed by atoms with van der Waals surface area (Å²) < 4.78 is 10.6. The minimum atomic E-state index is -1.56. The normalized spacial score (nSPS) is 31.6. The molecular weight excluding hydrogens is 338 g/mol. The van der Waals surface area contributed by atoms with E-state index < -0.39 is 54.7 Å². The van der Waals surface area contributed by atoms with Crippen LogP contribution in [0.25, 0.3) is 0 Å². The van der Waals surface area contributed by atoms with Crippen LogP contribution in [0.5, 0.6) is 0 Å². The van der Waals surface area contributed by atoms with Crippen molar-refractivity contribution in [2.45, 2.75) is 57.1 Å². The summed E-state index contributed by atoms with van der Waals surface area (Å²) in [5, 5.41) is 59.8. The van der Waals surface area contributed by atoms with Crippen LogP contribution in [0.15, 0.2) is 0 Å². The standard InChI is InChI=1S/C15H29NO9/c1-15(2,12(22)13(23)16-4-3-5-17)7-24-14-11(21)10(20)9(19)8(6-18)25-14/h8-12,14,17-22H,3-7H2,1-2H3,(H,16,23)/t8?,9-,10?,11?,12+,14+/m1/s1. The number of rotatable bonds is 9. The Balaban J connectivity index is 2.60. The van der Waals surface area contributed by atoms with Crippen molar-refractivity contribution in [1.29, 1.82) is 0 Å². The monoisotopic (exact) mass is 367 g/mol. The molecule has 0 radical (unpaired) electrons. The molecule has 10 nitrogen and oxygen atoms in total. The smallest absolute Gasteiger partial charge is 0.249 e. The zero-order valence-electron chi connectivity index (χ0n) is 14.4. The van der Waals surface area contributed by atoms with Gasteiger partial charge in [0.15, 0.2) is 6.29 Å². The molecule has 148 valence electrons. The number of aliphatic hydroxyl groups is 6. The summed E-state index contributed by atoms with van der Waals surface area (Å²) in [5.41, 5.74) is -1.05. The Morgan fingerprint density at radius 3 is 2.40 bits per heavy atom. The lowest BCUT2D eigenvalue weighted by Crippen LogP contribution is -2.59. The highest BCUT2D eigenvalue weighted by atomic mass is 16.7. The van der Waals surface area contributed by atoms with Gasteiger partial charge < -0.3 is 45.4 Å². The SMILES string of the molecule is CC(C)(CO[C@H]1OC(CO)[C@@H](O)C(O)C1O)[C@@H](O)C(=O)NCCCO. The van der Waals surface area contributed by atoms with E-state index in [1.54, 1.807) is 13.8 Å². The molecule has 1 aliphatic heterocycles. The Morgan fingerprint density at radius 1 is 1.20 bits per heavy atom. The average molecular weight is 367 g/mol. The van der Waals surface area contributed by atoms with Crippen LogP contribution in [0.1, 0.15) is 20.3 Å². The number of hydrogen-bond donors (Lipinski definition) is 7. The summed E-state index contributed by atoms with van der Waals surface area (Å²) in [6, 6.07) is 0. The van der Waals surface area contributed by atoms with Crippen LogP contribution in [0, 0.1) is 5.41 Å². The Hall–Kier alpha value is -0.850. The maximum atomic E-state index is 11.9. The first-order chi connectivity index (χ1) is 11.7. The van der Waals surface area contributed by atoms with Gasteiger partial charge in [-0.2, -0.15) is 0 Å². The fourth-order valence-corrected chi connectivity index (χ4v) is 2.32. The van der Waals surface area contributed by atoms with E-state index in [9.17, 15) is 25.2 Å². The Kier molecular flexibility index (Phi) is 8.64. The predicted molar refractivity (Wildman–Crippen MR) is 84.2 cm³/mol. The number of hydrogen-bond acceptors (Lipinski definition) is 9. The second-order valence-corrected chi connectivity index (χ2v) is 6.77. The third-order valence-electron chi connectivity index (χ3n) is 4.09. The number of amides is 1. The third kappa shape index (κ3) is 5.83. The van der Waals surface area contributed by atoms with Crippen LogP contribution in [-0.2, 0) is 14.3 Å². The lowest BCUT2D eigenvalue weighted by Gasteiger charge is -2.41. The van der Waals surface area contributed by atoms with Gasteiger partial charge in [0, 0.05) is 18.6 Å². The van der Waals surface area contributed by atoms with E-state index in [-0.39, 0.29) is 19.8 Å². The summed E-state index contributed by atoms with van der Waals surface area (Å²) in [6.45, 7) is 2.48. The molecule has 3 unspecified atom stereocenters. The van der Waals surface area contributed by atoms with E-state index in [1.165, 1.54) is 0 Å². The van der Waals surface area contributed by atoms with Gasteiger partial charge in [-0.05, 0) is 6.42 Å². The number of ether oxygens (including phenoxy) is 2. The Morgan fingerprint density at radius 2 is 1.84 bits per heavy atom. The molecule has 0 spiro atoms. The number of aliphatic hydroxyl groups excluding tert-OH is 6. The topological polar surface area (TPSA) is 169 Å². The van der Waals surface area contributed by atoms with Gasteiger partial charge in [0.25, 0.3) is 0 Å². The first-order valence-corrected chi connectivity index (χ1v) is 8.14. The first-order valence-electron chi connectivity index (χ1n) is 8.14. The molecular formula is C15H29NO9. The summed E-state index contributed by atoms with van der Waals surface area (Å²) in [7, 11) is 0. The van der Waals surface area contributed by atoms with E-state index in [1.807, 2.05) is 0 Å². The molecule has 0 aromatic carbocycles. The highest BCUT2D eigenvalue weighted by Gasteiger charge is 2.45. The van der Waals surface area contributed by atoms with Crippen molar-refractivity contribution in [3.8, 4) is 0 Å². The molecule has 0 saturated carbocycles. The van der Waals surface area contributed by atoms with Crippen LogP contribution in [0.3, 0.4) is 0 Å². The first kappa shape index (κ1) is 22.2. The van der Waals surface area contributed by atoms with Gasteiger partial charge in [0.1, 0.15) is 30.5 Å². The second kappa shape index (κ2) is 9.74. The highest BCUT2D eigenvalue weighted by molar-refractivity contribution is 5.81. The van der Waals surface area contributed by atoms with Gasteiger partial charge in [-0.1, -0.05) is 13.8 Å². The van der Waals surface area contributed by atoms with Crippen molar-refractivity contribution in [3.63, 3.8) is 0 Å². The average Bonchev–Trinajstić information content (AvgIpc) is 2.58. The van der Waals surface area contributed by atoms with E-state index in [2.05, 4.69) is 5.32 Å². The molecule has 1 heterocycles. The van der Waals surface area contributed by atoms with Gasteiger partial charge in [0.05, 0.1) is 13.2 Å². The summed E-state index contributed by atoms with van der Waals surface area (Å²) in [6.07, 6.45) is -8.10. The Labute approximate surface area is 146 Å². The van der Waals surface area contributed by atoms with E-state index in [0.29, 0.717) is 6.42 Å². The molecule has 0 aliphatic carbocycles. The second-order valence-electron chi connectivity index (χ2n) is 6.77. The molecule has 10 heteroatoms. The quantitative estimate of drug-likeness (QED) is 0.206. The molecule has 7 N–H and O–H groups in total. The largest absolute Gasteiger partial charge is 0.396 e. The molecule has 1 aliphatic rings. The van der Waals surface area contributed by atoms with Crippen LogP contribution in [0.2, 0.25) is 0 Å². The number of carbonyl (C=O) groups is 1. The minimum Gasteiger partial charge on any atom is -0.396 e. The molecule has 1 fully saturated rings. The molecule has 0 aromatic rings.